The molecule has 2 atom stereocenters. The smallest absolute Gasteiger partial charge is 0.167 e. The number of rotatable bonds is 6. The van der Waals surface area contributed by atoms with Gasteiger partial charge in [0.1, 0.15) is 5.82 Å². The van der Waals surface area contributed by atoms with Crippen molar-refractivity contribution < 1.29 is 9.18 Å². The average Bonchev–Trinajstić information content (AvgIpc) is 2.27. The van der Waals surface area contributed by atoms with Crippen molar-refractivity contribution in [2.45, 2.75) is 39.2 Å². The molecule has 0 spiro atoms. The highest BCUT2D eigenvalue weighted by atomic mass is 19.1. The van der Waals surface area contributed by atoms with Crippen LogP contribution in [0.15, 0.2) is 18.5 Å². The Morgan fingerprint density at radius 2 is 2.12 bits per heavy atom. The third kappa shape index (κ3) is 4.61. The van der Waals surface area contributed by atoms with Crippen LogP contribution in [0.3, 0.4) is 0 Å². The van der Waals surface area contributed by atoms with Gasteiger partial charge in [-0.2, -0.15) is 0 Å². The Morgan fingerprint density at radius 3 is 2.71 bits per heavy atom. The van der Waals surface area contributed by atoms with E-state index in [-0.39, 0.29) is 17.7 Å². The Labute approximate surface area is 101 Å². The van der Waals surface area contributed by atoms with Gasteiger partial charge in [-0.15, -0.1) is 0 Å². The van der Waals surface area contributed by atoms with Gasteiger partial charge in [-0.05, 0) is 25.8 Å². The fourth-order valence-corrected chi connectivity index (χ4v) is 1.71. The number of aromatic nitrogens is 1. The third-order valence-corrected chi connectivity index (χ3v) is 2.73. The zero-order chi connectivity index (χ0) is 12.8. The molecule has 3 nitrogen and oxygen atoms in total. The van der Waals surface area contributed by atoms with Crippen molar-refractivity contribution in [1.82, 2.24) is 4.98 Å². The molecule has 0 amide bonds. The molecule has 1 aromatic heterocycles. The molecule has 0 aliphatic rings. The van der Waals surface area contributed by atoms with E-state index in [0.717, 1.165) is 25.5 Å². The van der Waals surface area contributed by atoms with Crippen molar-refractivity contribution in [3.8, 4) is 0 Å². The topological polar surface area (TPSA) is 56.0 Å². The minimum Gasteiger partial charge on any atom is -0.328 e. The molecule has 0 saturated heterocycles. The largest absolute Gasteiger partial charge is 0.328 e. The van der Waals surface area contributed by atoms with Crippen molar-refractivity contribution in [2.24, 2.45) is 11.7 Å². The molecule has 0 aliphatic heterocycles. The lowest BCUT2D eigenvalue weighted by Gasteiger charge is -2.11. The first kappa shape index (κ1) is 13.8. The number of ketones is 1. The summed E-state index contributed by atoms with van der Waals surface area (Å²) in [5.41, 5.74) is 5.99. The number of carbonyl (C=O) groups is 1. The van der Waals surface area contributed by atoms with Gasteiger partial charge in [0.05, 0.1) is 6.20 Å². The molecule has 4 heteroatoms. The van der Waals surface area contributed by atoms with Gasteiger partial charge in [0, 0.05) is 23.7 Å². The van der Waals surface area contributed by atoms with Crippen LogP contribution in [0.1, 0.15) is 43.5 Å². The number of nitrogens with two attached hydrogens (primary N) is 1. The second-order valence-electron chi connectivity index (χ2n) is 4.57. The number of hydrogen-bond acceptors (Lipinski definition) is 3. The number of halogens is 1. The first-order valence-corrected chi connectivity index (χ1v) is 5.91. The van der Waals surface area contributed by atoms with Gasteiger partial charge in [-0.3, -0.25) is 9.78 Å². The van der Waals surface area contributed by atoms with Crippen LogP contribution in [0.25, 0.3) is 0 Å². The first-order chi connectivity index (χ1) is 8.00. The molecule has 0 bridgehead atoms. The highest BCUT2D eigenvalue weighted by Gasteiger charge is 2.15. The van der Waals surface area contributed by atoms with Crippen molar-refractivity contribution >= 4 is 5.78 Å². The Balaban J connectivity index is 2.52. The Morgan fingerprint density at radius 1 is 1.41 bits per heavy atom. The second kappa shape index (κ2) is 6.45. The summed E-state index contributed by atoms with van der Waals surface area (Å²) in [6, 6.07) is 1.39. The predicted molar refractivity (Wildman–Crippen MR) is 65.2 cm³/mol. The fourth-order valence-electron chi connectivity index (χ4n) is 1.71. The molecular weight excluding hydrogens is 219 g/mol. The summed E-state index contributed by atoms with van der Waals surface area (Å²) >= 11 is 0. The average molecular weight is 238 g/mol. The van der Waals surface area contributed by atoms with E-state index in [9.17, 15) is 9.18 Å². The minimum atomic E-state index is -0.473. The SMILES string of the molecule is CC(N)CCCC(C)C(=O)c1cncc(F)c1. The zero-order valence-electron chi connectivity index (χ0n) is 10.3. The van der Waals surface area contributed by atoms with Crippen LogP contribution in [0.2, 0.25) is 0 Å². The highest BCUT2D eigenvalue weighted by Crippen LogP contribution is 2.15. The van der Waals surface area contributed by atoms with Gasteiger partial charge >= 0.3 is 0 Å². The number of pyridine rings is 1. The van der Waals surface area contributed by atoms with E-state index in [1.165, 1.54) is 12.3 Å². The van der Waals surface area contributed by atoms with Gasteiger partial charge in [-0.25, -0.2) is 4.39 Å². The van der Waals surface area contributed by atoms with Crippen LogP contribution in [-0.2, 0) is 0 Å². The van der Waals surface area contributed by atoms with Gasteiger partial charge in [0.15, 0.2) is 5.78 Å². The van der Waals surface area contributed by atoms with Crippen LogP contribution >= 0.6 is 0 Å². The van der Waals surface area contributed by atoms with Gasteiger partial charge in [0.2, 0.25) is 0 Å². The van der Waals surface area contributed by atoms with Crippen molar-refractivity contribution in [2.75, 3.05) is 0 Å². The molecule has 17 heavy (non-hydrogen) atoms. The summed E-state index contributed by atoms with van der Waals surface area (Å²) in [7, 11) is 0. The van der Waals surface area contributed by atoms with E-state index in [1.807, 2.05) is 13.8 Å². The maximum absolute atomic E-state index is 12.9. The number of carbonyl (C=O) groups excluding carboxylic acids is 1. The van der Waals surface area contributed by atoms with E-state index in [4.69, 9.17) is 5.73 Å². The Kier molecular flexibility index (Phi) is 5.22. The summed E-state index contributed by atoms with van der Waals surface area (Å²) < 4.78 is 12.9. The molecule has 0 saturated carbocycles. The van der Waals surface area contributed by atoms with Crippen LogP contribution in [0.4, 0.5) is 4.39 Å². The number of nitrogens with zero attached hydrogens (tertiary/aromatic N) is 1. The van der Waals surface area contributed by atoms with E-state index >= 15 is 0 Å². The van der Waals surface area contributed by atoms with E-state index < -0.39 is 5.82 Å². The first-order valence-electron chi connectivity index (χ1n) is 5.91. The van der Waals surface area contributed by atoms with E-state index in [0.29, 0.717) is 5.56 Å². The molecule has 1 rings (SSSR count). The molecule has 1 heterocycles. The molecule has 0 aromatic carbocycles. The van der Waals surface area contributed by atoms with Crippen LogP contribution in [0.5, 0.6) is 0 Å². The molecule has 0 aliphatic carbocycles. The molecule has 0 radical (unpaired) electrons. The predicted octanol–water partition coefficient (Wildman–Crippen LogP) is 2.56. The standard InChI is InChI=1S/C13H19FN2O/c1-9(4-3-5-10(2)15)13(17)11-6-12(14)8-16-7-11/h6-10H,3-5,15H2,1-2H3. The quantitative estimate of drug-likeness (QED) is 0.775. The van der Waals surface area contributed by atoms with E-state index in [1.54, 1.807) is 0 Å². The third-order valence-electron chi connectivity index (χ3n) is 2.73. The molecule has 2 unspecified atom stereocenters. The fraction of sp³-hybridized carbons (Fsp3) is 0.538. The molecule has 0 fully saturated rings. The lowest BCUT2D eigenvalue weighted by Crippen LogP contribution is -2.16. The monoisotopic (exact) mass is 238 g/mol. The number of hydrogen-bond donors (Lipinski definition) is 1. The van der Waals surface area contributed by atoms with Gasteiger partial charge in [0.25, 0.3) is 0 Å². The summed E-state index contributed by atoms with van der Waals surface area (Å²) in [6.07, 6.45) is 5.09. The lowest BCUT2D eigenvalue weighted by atomic mass is 9.94. The summed E-state index contributed by atoms with van der Waals surface area (Å²) in [6.45, 7) is 3.80. The van der Waals surface area contributed by atoms with Crippen LogP contribution < -0.4 is 5.73 Å². The summed E-state index contributed by atoms with van der Waals surface area (Å²) in [5, 5.41) is 0. The summed E-state index contributed by atoms with van der Waals surface area (Å²) in [5.74, 6) is -0.641. The maximum atomic E-state index is 12.9. The van der Waals surface area contributed by atoms with Gasteiger partial charge < -0.3 is 5.73 Å². The molecule has 94 valence electrons. The van der Waals surface area contributed by atoms with Crippen molar-refractivity contribution in [3.05, 3.63) is 29.8 Å². The van der Waals surface area contributed by atoms with E-state index in [2.05, 4.69) is 4.98 Å². The molecule has 2 N–H and O–H groups in total. The lowest BCUT2D eigenvalue weighted by molar-refractivity contribution is 0.0921. The van der Waals surface area contributed by atoms with Crippen LogP contribution in [0, 0.1) is 11.7 Å². The molecular formula is C13H19FN2O. The highest BCUT2D eigenvalue weighted by molar-refractivity contribution is 5.97. The van der Waals surface area contributed by atoms with Crippen LogP contribution in [-0.4, -0.2) is 16.8 Å². The van der Waals surface area contributed by atoms with Crippen molar-refractivity contribution in [1.29, 1.82) is 0 Å². The molecule has 1 aromatic rings. The second-order valence-corrected chi connectivity index (χ2v) is 4.57. The summed E-state index contributed by atoms with van der Waals surface area (Å²) in [4.78, 5) is 15.6. The zero-order valence-corrected chi connectivity index (χ0v) is 10.3. The Hall–Kier alpha value is -1.29. The van der Waals surface area contributed by atoms with Gasteiger partial charge in [-0.1, -0.05) is 13.3 Å². The minimum absolute atomic E-state index is 0.0540. The number of Topliss-reactive ketones (excluding diaryl/α,β-unsaturated/α-hetero) is 1. The normalized spacial score (nSPS) is 14.4. The van der Waals surface area contributed by atoms with Crippen molar-refractivity contribution in [3.63, 3.8) is 0 Å². The maximum Gasteiger partial charge on any atom is 0.167 e. The Bertz CT molecular complexity index is 379.